The summed E-state index contributed by atoms with van der Waals surface area (Å²) in [5.74, 6) is 0.515. The number of aryl methyl sites for hydroxylation is 1. The topological polar surface area (TPSA) is 20.7 Å². The van der Waals surface area contributed by atoms with Crippen molar-refractivity contribution in [2.45, 2.75) is 39.7 Å². The highest BCUT2D eigenvalue weighted by atomic mass is 32.1. The number of nitrogens with one attached hydrogen (secondary N) is 1. The molecule has 18 heavy (non-hydrogen) atoms. The Morgan fingerprint density at radius 3 is 2.83 bits per heavy atom. The van der Waals surface area contributed by atoms with Gasteiger partial charge < -0.3 is 9.55 Å². The molecule has 0 spiro atoms. The number of aromatic nitrogens is 2. The van der Waals surface area contributed by atoms with Gasteiger partial charge in [-0.2, -0.15) is 0 Å². The Morgan fingerprint density at radius 2 is 2.11 bits per heavy atom. The average Bonchev–Trinajstić information content (AvgIpc) is 2.59. The van der Waals surface area contributed by atoms with Crippen molar-refractivity contribution in [1.29, 1.82) is 0 Å². The van der Waals surface area contributed by atoms with Gasteiger partial charge in [0.05, 0.1) is 11.0 Å². The van der Waals surface area contributed by atoms with E-state index in [1.165, 1.54) is 25.0 Å². The molecule has 4 heteroatoms. The van der Waals surface area contributed by atoms with Crippen LogP contribution in [0.1, 0.15) is 33.1 Å². The Morgan fingerprint density at radius 1 is 1.33 bits per heavy atom. The number of H-pyrrole nitrogens is 1. The zero-order valence-electron chi connectivity index (χ0n) is 10.9. The molecule has 98 valence electrons. The quantitative estimate of drug-likeness (QED) is 0.616. The van der Waals surface area contributed by atoms with E-state index in [-0.39, 0.29) is 5.82 Å². The number of halogens is 1. The largest absolute Gasteiger partial charge is 0.330 e. The normalized spacial score (nSPS) is 11.6. The summed E-state index contributed by atoms with van der Waals surface area (Å²) < 4.78 is 15.9. The van der Waals surface area contributed by atoms with Crippen molar-refractivity contribution in [3.63, 3.8) is 0 Å². The first-order chi connectivity index (χ1) is 8.58. The number of rotatable bonds is 5. The van der Waals surface area contributed by atoms with Crippen LogP contribution in [0.15, 0.2) is 18.2 Å². The molecular weight excluding hydrogens is 247 g/mol. The standard InChI is InChI=1S/C14H19FN2S/c1-10(2)5-3-4-8-17-13-7-6-11(15)9-12(13)16-14(17)18/h6-7,9-10H,3-5,8H2,1-2H3,(H,16,18). The molecule has 0 unspecified atom stereocenters. The Hall–Kier alpha value is -1.16. The molecule has 0 amide bonds. The number of aromatic amines is 1. The number of hydrogen-bond donors (Lipinski definition) is 1. The predicted molar refractivity (Wildman–Crippen MR) is 75.8 cm³/mol. The third-order valence-electron chi connectivity index (χ3n) is 3.15. The average molecular weight is 266 g/mol. The Balaban J connectivity index is 2.13. The molecule has 0 aliphatic rings. The summed E-state index contributed by atoms with van der Waals surface area (Å²) in [6.07, 6.45) is 3.55. The monoisotopic (exact) mass is 266 g/mol. The number of benzene rings is 1. The van der Waals surface area contributed by atoms with Crippen molar-refractivity contribution in [1.82, 2.24) is 9.55 Å². The fourth-order valence-electron chi connectivity index (χ4n) is 2.18. The van der Waals surface area contributed by atoms with Gasteiger partial charge in [0.25, 0.3) is 0 Å². The number of nitrogens with zero attached hydrogens (tertiary/aromatic N) is 1. The zero-order valence-corrected chi connectivity index (χ0v) is 11.7. The molecule has 0 atom stereocenters. The first kappa shape index (κ1) is 13.3. The van der Waals surface area contributed by atoms with Gasteiger partial charge in [-0.1, -0.05) is 26.7 Å². The van der Waals surface area contributed by atoms with Gasteiger partial charge in [-0.05, 0) is 42.8 Å². The fraction of sp³-hybridized carbons (Fsp3) is 0.500. The molecule has 2 rings (SSSR count). The maximum atomic E-state index is 13.1. The van der Waals surface area contributed by atoms with Crippen LogP contribution in [0.4, 0.5) is 4.39 Å². The number of fused-ring (bicyclic) bond motifs is 1. The summed E-state index contributed by atoms with van der Waals surface area (Å²) in [5, 5.41) is 0. The minimum absolute atomic E-state index is 0.231. The van der Waals surface area contributed by atoms with Gasteiger partial charge >= 0.3 is 0 Å². The molecule has 0 bridgehead atoms. The van der Waals surface area contributed by atoms with Crippen LogP contribution in [-0.4, -0.2) is 9.55 Å². The lowest BCUT2D eigenvalue weighted by molar-refractivity contribution is 0.511. The molecule has 0 saturated heterocycles. The lowest BCUT2D eigenvalue weighted by atomic mass is 10.1. The van der Waals surface area contributed by atoms with Crippen LogP contribution in [0, 0.1) is 16.5 Å². The van der Waals surface area contributed by atoms with Crippen LogP contribution in [0.5, 0.6) is 0 Å². The Labute approximate surface area is 112 Å². The van der Waals surface area contributed by atoms with Gasteiger partial charge in [0.15, 0.2) is 4.77 Å². The Kier molecular flexibility index (Phi) is 4.17. The van der Waals surface area contributed by atoms with Gasteiger partial charge in [0, 0.05) is 6.54 Å². The second kappa shape index (κ2) is 5.65. The van der Waals surface area contributed by atoms with E-state index in [0.29, 0.717) is 4.77 Å². The third kappa shape index (κ3) is 2.99. The van der Waals surface area contributed by atoms with Gasteiger partial charge in [-0.25, -0.2) is 4.39 Å². The lowest BCUT2D eigenvalue weighted by Gasteiger charge is -2.06. The van der Waals surface area contributed by atoms with Crippen molar-refractivity contribution in [3.8, 4) is 0 Å². The van der Waals surface area contributed by atoms with Crippen molar-refractivity contribution >= 4 is 23.3 Å². The third-order valence-corrected chi connectivity index (χ3v) is 3.47. The molecular formula is C14H19FN2S. The summed E-state index contributed by atoms with van der Waals surface area (Å²) >= 11 is 5.28. The molecule has 1 N–H and O–H groups in total. The van der Waals surface area contributed by atoms with E-state index in [0.717, 1.165) is 29.9 Å². The first-order valence-corrected chi connectivity index (χ1v) is 6.87. The number of hydrogen-bond acceptors (Lipinski definition) is 1. The molecule has 0 aliphatic heterocycles. The number of imidazole rings is 1. The highest BCUT2D eigenvalue weighted by molar-refractivity contribution is 7.71. The molecule has 1 heterocycles. The van der Waals surface area contributed by atoms with Gasteiger partial charge in [0.2, 0.25) is 0 Å². The van der Waals surface area contributed by atoms with Crippen LogP contribution in [0.3, 0.4) is 0 Å². The van der Waals surface area contributed by atoms with Crippen LogP contribution in [0.25, 0.3) is 11.0 Å². The van der Waals surface area contributed by atoms with Gasteiger partial charge in [0.1, 0.15) is 5.82 Å². The van der Waals surface area contributed by atoms with Crippen molar-refractivity contribution in [3.05, 3.63) is 28.8 Å². The van der Waals surface area contributed by atoms with E-state index in [1.807, 2.05) is 0 Å². The summed E-state index contributed by atoms with van der Waals surface area (Å²) in [4.78, 5) is 3.06. The highest BCUT2D eigenvalue weighted by Crippen LogP contribution is 2.17. The molecule has 2 aromatic rings. The molecule has 2 nitrogen and oxygen atoms in total. The van der Waals surface area contributed by atoms with Gasteiger partial charge in [-0.3, -0.25) is 0 Å². The molecule has 1 aromatic heterocycles. The minimum Gasteiger partial charge on any atom is -0.330 e. The zero-order chi connectivity index (χ0) is 13.1. The van der Waals surface area contributed by atoms with Crippen LogP contribution < -0.4 is 0 Å². The van der Waals surface area contributed by atoms with Crippen molar-refractivity contribution < 1.29 is 4.39 Å². The second-order valence-electron chi connectivity index (χ2n) is 5.13. The molecule has 0 fully saturated rings. The lowest BCUT2D eigenvalue weighted by Crippen LogP contribution is -1.99. The smallest absolute Gasteiger partial charge is 0.178 e. The van der Waals surface area contributed by atoms with Gasteiger partial charge in [-0.15, -0.1) is 0 Å². The second-order valence-corrected chi connectivity index (χ2v) is 5.52. The summed E-state index contributed by atoms with van der Waals surface area (Å²) in [7, 11) is 0. The maximum absolute atomic E-state index is 13.1. The van der Waals surface area contributed by atoms with E-state index >= 15 is 0 Å². The van der Waals surface area contributed by atoms with Crippen molar-refractivity contribution in [2.75, 3.05) is 0 Å². The molecule has 1 aromatic carbocycles. The van der Waals surface area contributed by atoms with E-state index < -0.39 is 0 Å². The molecule has 0 radical (unpaired) electrons. The Bertz CT molecular complexity index is 583. The van der Waals surface area contributed by atoms with Crippen LogP contribution >= 0.6 is 12.2 Å². The van der Waals surface area contributed by atoms with E-state index in [4.69, 9.17) is 12.2 Å². The SMILES string of the molecule is CC(C)CCCCn1c(=S)[nH]c2cc(F)ccc21. The molecule has 0 aliphatic carbocycles. The summed E-state index contributed by atoms with van der Waals surface area (Å²) in [6.45, 7) is 5.37. The first-order valence-electron chi connectivity index (χ1n) is 6.46. The fourth-order valence-corrected chi connectivity index (χ4v) is 2.48. The van der Waals surface area contributed by atoms with Crippen LogP contribution in [-0.2, 0) is 6.54 Å². The highest BCUT2D eigenvalue weighted by Gasteiger charge is 2.05. The van der Waals surface area contributed by atoms with Crippen LogP contribution in [0.2, 0.25) is 0 Å². The number of unbranched alkanes of at least 4 members (excludes halogenated alkanes) is 1. The maximum Gasteiger partial charge on any atom is 0.178 e. The summed E-state index contributed by atoms with van der Waals surface area (Å²) in [5.41, 5.74) is 1.77. The van der Waals surface area contributed by atoms with E-state index in [1.54, 1.807) is 6.07 Å². The van der Waals surface area contributed by atoms with E-state index in [2.05, 4.69) is 23.4 Å². The van der Waals surface area contributed by atoms with Crippen molar-refractivity contribution in [2.24, 2.45) is 5.92 Å². The predicted octanol–water partition coefficient (Wildman–Crippen LogP) is 4.66. The van der Waals surface area contributed by atoms with E-state index in [9.17, 15) is 4.39 Å². The molecule has 0 saturated carbocycles. The minimum atomic E-state index is -0.231. The summed E-state index contributed by atoms with van der Waals surface area (Å²) in [6, 6.07) is 4.77.